The fourth-order valence-corrected chi connectivity index (χ4v) is 3.40. The normalized spacial score (nSPS) is 13.1. The highest BCUT2D eigenvalue weighted by molar-refractivity contribution is 5.97. The van der Waals surface area contributed by atoms with Gasteiger partial charge in [-0.2, -0.15) is 5.10 Å². The first-order chi connectivity index (χ1) is 15.0. The van der Waals surface area contributed by atoms with Crippen LogP contribution in [0, 0.1) is 5.82 Å². The maximum Gasteiger partial charge on any atom is 0.463 e. The summed E-state index contributed by atoms with van der Waals surface area (Å²) in [6, 6.07) is 3.32. The number of nitrogens with one attached hydrogen (secondary N) is 1. The third-order valence-corrected chi connectivity index (χ3v) is 4.66. The third-order valence-electron chi connectivity index (χ3n) is 4.66. The molecule has 4 heterocycles. The summed E-state index contributed by atoms with van der Waals surface area (Å²) in [4.78, 5) is 43.2. The Morgan fingerprint density at radius 3 is 2.47 bits per heavy atom. The van der Waals surface area contributed by atoms with Crippen molar-refractivity contribution in [3.8, 4) is 11.1 Å². The number of fused-ring (bicyclic) bond motifs is 3. The second kappa shape index (κ2) is 7.59. The fraction of sp³-hybridized carbons (Fsp3) is 0.286. The summed E-state index contributed by atoms with van der Waals surface area (Å²) in [5.74, 6) is -0.514. The Kier molecular flexibility index (Phi) is 5.03. The Labute approximate surface area is 182 Å². The van der Waals surface area contributed by atoms with Gasteiger partial charge in [0.2, 0.25) is 5.95 Å². The van der Waals surface area contributed by atoms with Crippen LogP contribution in [-0.4, -0.2) is 37.5 Å². The zero-order chi connectivity index (χ0) is 23.2. The smallest absolute Gasteiger partial charge is 0.314 e. The summed E-state index contributed by atoms with van der Waals surface area (Å²) in [6.45, 7) is 6.91. The van der Waals surface area contributed by atoms with Gasteiger partial charge in [0.25, 0.3) is 0 Å². The van der Waals surface area contributed by atoms with Crippen molar-refractivity contribution < 1.29 is 23.8 Å². The minimum atomic E-state index is -1.06. The molecular formula is C21H21FN6O4. The third kappa shape index (κ3) is 3.84. The lowest BCUT2D eigenvalue weighted by molar-refractivity contribution is -0.177. The van der Waals surface area contributed by atoms with E-state index in [0.717, 1.165) is 4.90 Å². The van der Waals surface area contributed by atoms with E-state index in [9.17, 15) is 9.59 Å². The number of nitrogens with zero attached hydrogens (tertiary/aromatic N) is 5. The maximum absolute atomic E-state index is 15.4. The van der Waals surface area contributed by atoms with E-state index in [1.54, 1.807) is 46.9 Å². The molecule has 5 rings (SSSR count). The van der Waals surface area contributed by atoms with Gasteiger partial charge in [0, 0.05) is 42.3 Å². The van der Waals surface area contributed by atoms with Crippen LogP contribution in [-0.2, 0) is 16.8 Å². The molecule has 2 aliphatic heterocycles. The Balaban J connectivity index is 1.76. The van der Waals surface area contributed by atoms with E-state index >= 15 is 4.39 Å². The van der Waals surface area contributed by atoms with E-state index in [0.29, 0.717) is 33.3 Å². The largest absolute Gasteiger partial charge is 0.463 e. The van der Waals surface area contributed by atoms with Crippen LogP contribution in [0.3, 0.4) is 0 Å². The summed E-state index contributed by atoms with van der Waals surface area (Å²) in [6.07, 6.45) is 2.16. The number of halogens is 1. The number of amides is 2. The van der Waals surface area contributed by atoms with E-state index in [2.05, 4.69) is 25.3 Å². The van der Waals surface area contributed by atoms with Gasteiger partial charge in [0.15, 0.2) is 0 Å². The molecule has 0 atom stereocenters. The number of rotatable bonds is 0. The van der Waals surface area contributed by atoms with Crippen LogP contribution < -0.4 is 10.2 Å². The summed E-state index contributed by atoms with van der Waals surface area (Å²) < 4.78 is 17.0. The van der Waals surface area contributed by atoms with Gasteiger partial charge in [0.05, 0.1) is 16.6 Å². The minimum absolute atomic E-state index is 0.0493. The second-order valence-corrected chi connectivity index (χ2v) is 8.34. The van der Waals surface area contributed by atoms with Gasteiger partial charge in [-0.15, -0.1) is 0 Å². The number of anilines is 1. The van der Waals surface area contributed by atoms with Crippen molar-refractivity contribution in [2.75, 3.05) is 4.90 Å². The van der Waals surface area contributed by atoms with Crippen LogP contribution in [0.4, 0.5) is 19.9 Å². The van der Waals surface area contributed by atoms with Crippen LogP contribution >= 0.6 is 0 Å². The molecule has 4 bridgehead atoms. The molecule has 32 heavy (non-hydrogen) atoms. The van der Waals surface area contributed by atoms with Gasteiger partial charge < -0.3 is 5.32 Å². The molecule has 1 N–H and O–H groups in total. The van der Waals surface area contributed by atoms with Crippen molar-refractivity contribution in [2.24, 2.45) is 7.05 Å². The van der Waals surface area contributed by atoms with Crippen molar-refractivity contribution in [2.45, 2.75) is 33.2 Å². The van der Waals surface area contributed by atoms with Gasteiger partial charge in [-0.25, -0.2) is 38.6 Å². The summed E-state index contributed by atoms with van der Waals surface area (Å²) in [7, 11) is 1.68. The van der Waals surface area contributed by atoms with Crippen molar-refractivity contribution in [3.05, 3.63) is 42.2 Å². The first-order valence-corrected chi connectivity index (χ1v) is 9.71. The highest BCUT2D eigenvalue weighted by atomic mass is 19.1. The summed E-state index contributed by atoms with van der Waals surface area (Å²) in [5, 5.41) is 7.17. The van der Waals surface area contributed by atoms with Crippen LogP contribution in [0.25, 0.3) is 27.6 Å². The van der Waals surface area contributed by atoms with Crippen molar-refractivity contribution >= 4 is 34.6 Å². The van der Waals surface area contributed by atoms with E-state index in [1.165, 1.54) is 23.3 Å². The highest BCUT2D eigenvalue weighted by Gasteiger charge is 2.26. The molecule has 0 aliphatic carbocycles. The molecule has 11 heteroatoms. The fourth-order valence-electron chi connectivity index (χ4n) is 3.40. The zero-order valence-corrected chi connectivity index (χ0v) is 18.1. The molecule has 2 aromatic heterocycles. The molecule has 166 valence electrons. The monoisotopic (exact) mass is 440 g/mol. The van der Waals surface area contributed by atoms with Crippen LogP contribution in [0.5, 0.6) is 0 Å². The molecule has 0 saturated carbocycles. The van der Waals surface area contributed by atoms with Crippen molar-refractivity contribution in [3.63, 3.8) is 0 Å². The van der Waals surface area contributed by atoms with Gasteiger partial charge in [-0.3, -0.25) is 4.68 Å². The van der Waals surface area contributed by atoms with E-state index in [4.69, 9.17) is 4.89 Å². The summed E-state index contributed by atoms with van der Waals surface area (Å²) in [5.41, 5.74) is 1.56. The first-order valence-electron chi connectivity index (χ1n) is 9.71. The Hall–Kier alpha value is -4.02. The first kappa shape index (κ1) is 21.2. The standard InChI is InChI=1S/C21H21FN6O4/c1-11-10-28(20(30)32-31-19(29)25-21(2,3)4)18-23-8-12(9-24-18)13-6-7-14-15(16(13)22)17(11)27(5)26-14/h6-10H,1-5H3,(H,25,29). The quantitative estimate of drug-likeness (QED) is 0.416. The number of allylic oxidation sites excluding steroid dienone is 1. The predicted octanol–water partition coefficient (Wildman–Crippen LogP) is 3.93. The van der Waals surface area contributed by atoms with Crippen LogP contribution in [0.15, 0.2) is 30.7 Å². The molecule has 3 aromatic rings. The van der Waals surface area contributed by atoms with E-state index < -0.39 is 23.5 Å². The minimum Gasteiger partial charge on any atom is -0.314 e. The number of hydrogen-bond donors (Lipinski definition) is 1. The van der Waals surface area contributed by atoms with Crippen molar-refractivity contribution in [1.29, 1.82) is 0 Å². The molecule has 0 radical (unpaired) electrons. The van der Waals surface area contributed by atoms with Crippen LogP contribution in [0.1, 0.15) is 33.4 Å². The number of benzene rings is 1. The maximum atomic E-state index is 15.4. The molecule has 1 aromatic carbocycles. The average Bonchev–Trinajstić information content (AvgIpc) is 3.05. The number of aryl methyl sites for hydroxylation is 1. The summed E-state index contributed by atoms with van der Waals surface area (Å²) >= 11 is 0. The van der Waals surface area contributed by atoms with Gasteiger partial charge in [-0.05, 0) is 45.4 Å². The van der Waals surface area contributed by atoms with Crippen molar-refractivity contribution in [1.82, 2.24) is 25.1 Å². The SMILES string of the molecule is CC1=CN(C(=O)OOC(=O)NC(C)(C)C)c2ncc(cn2)-c2ccc3nn(C)c1c3c2F. The molecule has 0 fully saturated rings. The van der Waals surface area contributed by atoms with Crippen LogP contribution in [0.2, 0.25) is 0 Å². The lowest BCUT2D eigenvalue weighted by Gasteiger charge is -2.20. The number of hydrogen-bond acceptors (Lipinski definition) is 7. The average molecular weight is 440 g/mol. The van der Waals surface area contributed by atoms with E-state index in [-0.39, 0.29) is 5.95 Å². The molecule has 0 unspecified atom stereocenters. The molecule has 0 spiro atoms. The zero-order valence-electron chi connectivity index (χ0n) is 18.1. The van der Waals surface area contributed by atoms with Gasteiger partial charge in [-0.1, -0.05) is 0 Å². The number of carbonyl (C=O) groups is 2. The lowest BCUT2D eigenvalue weighted by Crippen LogP contribution is -2.41. The Morgan fingerprint density at radius 2 is 1.81 bits per heavy atom. The predicted molar refractivity (Wildman–Crippen MR) is 114 cm³/mol. The molecule has 10 nitrogen and oxygen atoms in total. The van der Waals surface area contributed by atoms with E-state index in [1.807, 2.05) is 0 Å². The molecule has 2 aliphatic rings. The second-order valence-electron chi connectivity index (χ2n) is 8.34. The molecular weight excluding hydrogens is 419 g/mol. The number of carbonyl (C=O) groups excluding carboxylic acids is 2. The Morgan fingerprint density at radius 1 is 1.12 bits per heavy atom. The highest BCUT2D eigenvalue weighted by Crippen LogP contribution is 2.34. The molecule has 0 saturated heterocycles. The number of aromatic nitrogens is 4. The van der Waals surface area contributed by atoms with Gasteiger partial charge in [0.1, 0.15) is 5.82 Å². The molecule has 2 amide bonds. The lowest BCUT2D eigenvalue weighted by atomic mass is 10.0. The Bertz CT molecular complexity index is 1260. The topological polar surface area (TPSA) is 111 Å². The van der Waals surface area contributed by atoms with Gasteiger partial charge >= 0.3 is 12.2 Å².